The van der Waals surface area contributed by atoms with Crippen LogP contribution in [0.25, 0.3) is 0 Å². The molecule has 36 heavy (non-hydrogen) atoms. The van der Waals surface area contributed by atoms with Gasteiger partial charge in [0.2, 0.25) is 11.8 Å². The van der Waals surface area contributed by atoms with Gasteiger partial charge in [0.1, 0.15) is 24.2 Å². The van der Waals surface area contributed by atoms with Crippen molar-refractivity contribution >= 4 is 17.8 Å². The monoisotopic (exact) mass is 504 g/mol. The van der Waals surface area contributed by atoms with Gasteiger partial charge in [-0.3, -0.25) is 14.4 Å². The molecule has 3 aliphatic rings. The van der Waals surface area contributed by atoms with Crippen LogP contribution in [-0.4, -0.2) is 82.8 Å². The van der Waals surface area contributed by atoms with E-state index in [0.29, 0.717) is 38.9 Å². The predicted octanol–water partition coefficient (Wildman–Crippen LogP) is 3.09. The Morgan fingerprint density at radius 1 is 1.22 bits per heavy atom. The van der Waals surface area contributed by atoms with E-state index >= 15 is 0 Å². The first kappa shape index (κ1) is 28.4. The van der Waals surface area contributed by atoms with Crippen LogP contribution >= 0.6 is 0 Å². The van der Waals surface area contributed by atoms with Crippen molar-refractivity contribution in [1.29, 1.82) is 0 Å². The topological polar surface area (TPSA) is 96.4 Å². The van der Waals surface area contributed by atoms with Crippen LogP contribution < -0.4 is 0 Å². The third-order valence-electron chi connectivity index (χ3n) is 8.40. The third-order valence-corrected chi connectivity index (χ3v) is 8.40. The molecule has 3 fully saturated rings. The van der Waals surface area contributed by atoms with E-state index in [-0.39, 0.29) is 30.9 Å². The summed E-state index contributed by atoms with van der Waals surface area (Å²) in [6.45, 7) is 15.0. The maximum Gasteiger partial charge on any atom is 0.313 e. The molecule has 6 atom stereocenters. The number of fused-ring (bicyclic) bond motifs is 1. The molecule has 3 unspecified atom stereocenters. The van der Waals surface area contributed by atoms with Crippen molar-refractivity contribution < 1.29 is 29.0 Å². The molecule has 0 saturated carbocycles. The molecule has 2 amide bonds. The number of likely N-dealkylation sites (tertiary alicyclic amines) is 1. The van der Waals surface area contributed by atoms with Crippen molar-refractivity contribution in [1.82, 2.24) is 9.80 Å². The first-order chi connectivity index (χ1) is 17.2. The van der Waals surface area contributed by atoms with Gasteiger partial charge in [-0.1, -0.05) is 45.4 Å². The molecule has 8 nitrogen and oxygen atoms in total. The smallest absolute Gasteiger partial charge is 0.313 e. The van der Waals surface area contributed by atoms with Gasteiger partial charge in [-0.2, -0.15) is 0 Å². The number of ether oxygens (including phenoxy) is 2. The molecule has 0 radical (unpaired) electrons. The Labute approximate surface area is 215 Å². The first-order valence-corrected chi connectivity index (χ1v) is 13.5. The van der Waals surface area contributed by atoms with E-state index in [0.717, 1.165) is 25.7 Å². The molecule has 0 aromatic carbocycles. The molecule has 3 aliphatic heterocycles. The van der Waals surface area contributed by atoms with E-state index in [1.54, 1.807) is 15.9 Å². The molecule has 1 N–H and O–H groups in total. The molecule has 8 heteroatoms. The number of esters is 1. The summed E-state index contributed by atoms with van der Waals surface area (Å²) < 4.78 is 12.2. The summed E-state index contributed by atoms with van der Waals surface area (Å²) in [5.74, 6) is -2.38. The minimum Gasteiger partial charge on any atom is -0.461 e. The Kier molecular flexibility index (Phi) is 9.39. The fourth-order valence-corrected chi connectivity index (χ4v) is 6.59. The minimum atomic E-state index is -1.07. The molecule has 2 bridgehead atoms. The average molecular weight is 505 g/mol. The predicted molar refractivity (Wildman–Crippen MR) is 137 cm³/mol. The summed E-state index contributed by atoms with van der Waals surface area (Å²) in [4.78, 5) is 44.9. The van der Waals surface area contributed by atoms with E-state index < -0.39 is 35.0 Å². The van der Waals surface area contributed by atoms with Crippen molar-refractivity contribution in [2.24, 2.45) is 17.8 Å². The lowest BCUT2D eigenvalue weighted by molar-refractivity contribution is -0.161. The highest BCUT2D eigenvalue weighted by Gasteiger charge is 2.80. The molecule has 0 aromatic heterocycles. The lowest BCUT2D eigenvalue weighted by Gasteiger charge is -2.37. The fourth-order valence-electron chi connectivity index (χ4n) is 6.59. The number of aliphatic hydroxyl groups is 1. The van der Waals surface area contributed by atoms with Gasteiger partial charge >= 0.3 is 5.97 Å². The zero-order valence-corrected chi connectivity index (χ0v) is 22.2. The number of aliphatic hydroxyl groups excluding tert-OH is 1. The average Bonchev–Trinajstić information content (AvgIpc) is 3.36. The zero-order chi connectivity index (χ0) is 26.5. The Balaban J connectivity index is 2.01. The van der Waals surface area contributed by atoms with Crippen LogP contribution in [0.5, 0.6) is 0 Å². The quantitative estimate of drug-likeness (QED) is 0.209. The lowest BCUT2D eigenvalue weighted by atomic mass is 9.62. The Morgan fingerprint density at radius 3 is 2.61 bits per heavy atom. The van der Waals surface area contributed by atoms with E-state index in [9.17, 15) is 19.5 Å². The van der Waals surface area contributed by atoms with Crippen molar-refractivity contribution in [3.8, 4) is 0 Å². The van der Waals surface area contributed by atoms with E-state index in [1.165, 1.54) is 6.08 Å². The highest BCUT2D eigenvalue weighted by atomic mass is 16.6. The van der Waals surface area contributed by atoms with Gasteiger partial charge in [0.15, 0.2) is 0 Å². The SMILES string of the molecule is C=CCOC(=O)[C@@H]1[C@H]2C(=O)N(CCCCCO)C(C(=O)N(CC=C)CCCCC)C23CC(C)[C@@]1(C)O3. The molecular formula is C28H44N2O6. The number of carbonyl (C=O) groups excluding carboxylic acids is 3. The number of unbranched alkanes of at least 4 members (excludes halogenated alkanes) is 4. The van der Waals surface area contributed by atoms with E-state index in [4.69, 9.17) is 9.47 Å². The number of carbonyl (C=O) groups is 3. The molecule has 0 aliphatic carbocycles. The van der Waals surface area contributed by atoms with E-state index in [1.807, 2.05) is 13.8 Å². The third kappa shape index (κ3) is 4.86. The van der Waals surface area contributed by atoms with Crippen molar-refractivity contribution in [3.05, 3.63) is 25.3 Å². The summed E-state index contributed by atoms with van der Waals surface area (Å²) in [5.41, 5.74) is -1.95. The van der Waals surface area contributed by atoms with Gasteiger partial charge in [0.05, 0.1) is 11.5 Å². The normalized spacial score (nSPS) is 32.4. The summed E-state index contributed by atoms with van der Waals surface area (Å²) in [5, 5.41) is 9.20. The second-order valence-electron chi connectivity index (χ2n) is 10.7. The lowest BCUT2D eigenvalue weighted by Crippen LogP contribution is -2.56. The van der Waals surface area contributed by atoms with Crippen molar-refractivity contribution in [2.45, 2.75) is 83.0 Å². The minimum absolute atomic E-state index is 0.0274. The van der Waals surface area contributed by atoms with Crippen molar-refractivity contribution in [2.75, 3.05) is 32.8 Å². The second kappa shape index (κ2) is 11.9. The molecule has 3 heterocycles. The van der Waals surface area contributed by atoms with Crippen molar-refractivity contribution in [3.63, 3.8) is 0 Å². The molecule has 3 rings (SSSR count). The molecule has 1 spiro atoms. The van der Waals surface area contributed by atoms with Crippen LogP contribution in [0.3, 0.4) is 0 Å². The van der Waals surface area contributed by atoms with Gasteiger partial charge in [-0.25, -0.2) is 0 Å². The molecule has 0 aromatic rings. The van der Waals surface area contributed by atoms with Gasteiger partial charge in [0, 0.05) is 26.2 Å². The van der Waals surface area contributed by atoms with Gasteiger partial charge < -0.3 is 24.4 Å². The Morgan fingerprint density at radius 2 is 1.97 bits per heavy atom. The number of rotatable bonds is 15. The van der Waals surface area contributed by atoms with Crippen LogP contribution in [-0.2, 0) is 23.9 Å². The maximum absolute atomic E-state index is 14.2. The summed E-state index contributed by atoms with van der Waals surface area (Å²) in [6.07, 6.45) is 8.71. The highest BCUT2D eigenvalue weighted by molar-refractivity contribution is 5.98. The zero-order valence-electron chi connectivity index (χ0n) is 22.2. The van der Waals surface area contributed by atoms with Gasteiger partial charge in [-0.15, -0.1) is 6.58 Å². The van der Waals surface area contributed by atoms with Crippen LogP contribution in [0.2, 0.25) is 0 Å². The first-order valence-electron chi connectivity index (χ1n) is 13.5. The van der Waals surface area contributed by atoms with E-state index in [2.05, 4.69) is 20.1 Å². The summed E-state index contributed by atoms with van der Waals surface area (Å²) in [7, 11) is 0. The Bertz CT molecular complexity index is 846. The molecular weight excluding hydrogens is 460 g/mol. The number of hydrogen-bond donors (Lipinski definition) is 1. The van der Waals surface area contributed by atoms with Crippen LogP contribution in [0.15, 0.2) is 25.3 Å². The fraction of sp³-hybridized carbons (Fsp3) is 0.750. The second-order valence-corrected chi connectivity index (χ2v) is 10.7. The molecule has 3 saturated heterocycles. The van der Waals surface area contributed by atoms with Crippen LogP contribution in [0.4, 0.5) is 0 Å². The largest absolute Gasteiger partial charge is 0.461 e. The molecule has 202 valence electrons. The number of hydrogen-bond acceptors (Lipinski definition) is 6. The summed E-state index contributed by atoms with van der Waals surface area (Å²) in [6, 6.07) is -0.799. The maximum atomic E-state index is 14.2. The van der Waals surface area contributed by atoms with Crippen LogP contribution in [0, 0.1) is 17.8 Å². The summed E-state index contributed by atoms with van der Waals surface area (Å²) >= 11 is 0. The Hall–Kier alpha value is -2.19. The standard InChI is InChI=1S/C28H44N2O6/c1-6-9-11-15-29(14-7-2)25(33)23-28-19-20(4)27(5,36-28)22(26(34)35-18-8-3)21(28)24(32)30(23)16-12-10-13-17-31/h7-8,20-23,31H,2-3,6,9-19H2,1,4-5H3/t20?,21-,22-,23?,27+,28?/m0/s1. The highest BCUT2D eigenvalue weighted by Crippen LogP contribution is 2.65. The van der Waals surface area contributed by atoms with Crippen LogP contribution in [0.1, 0.15) is 65.7 Å². The van der Waals surface area contributed by atoms with Gasteiger partial charge in [0.25, 0.3) is 0 Å². The van der Waals surface area contributed by atoms with Gasteiger partial charge in [-0.05, 0) is 44.9 Å². The number of amides is 2. The number of nitrogens with zero attached hydrogens (tertiary/aromatic N) is 2.